The van der Waals surface area contributed by atoms with E-state index in [1.54, 1.807) is 21.6 Å². The highest BCUT2D eigenvalue weighted by Gasteiger charge is 2.74. The lowest BCUT2D eigenvalue weighted by Gasteiger charge is -2.45. The van der Waals surface area contributed by atoms with E-state index in [-0.39, 0.29) is 29.7 Å². The second kappa shape index (κ2) is 11.7. The molecule has 4 heterocycles. The van der Waals surface area contributed by atoms with Crippen molar-refractivity contribution in [3.05, 3.63) is 90.5 Å². The normalized spacial score (nSPS) is 30.2. The quantitative estimate of drug-likeness (QED) is 0.405. The van der Waals surface area contributed by atoms with Crippen molar-refractivity contribution in [3.63, 3.8) is 0 Å². The predicted molar refractivity (Wildman–Crippen MR) is 184 cm³/mol. The van der Waals surface area contributed by atoms with Crippen LogP contribution in [0.25, 0.3) is 0 Å². The average Bonchev–Trinajstić information content (AvgIpc) is 3.26. The third-order valence-electron chi connectivity index (χ3n) is 10.2. The van der Waals surface area contributed by atoms with Crippen LogP contribution in [0.1, 0.15) is 53.5 Å². The molecule has 3 amide bonds. The zero-order valence-electron chi connectivity index (χ0n) is 27.8. The minimum atomic E-state index is -0.982. The van der Waals surface area contributed by atoms with Gasteiger partial charge >= 0.3 is 0 Å². The number of aliphatic hydroxyl groups excluding tert-OH is 1. The molecule has 1 unspecified atom stereocenters. The number of thioether (sulfide) groups is 1. The van der Waals surface area contributed by atoms with E-state index < -0.39 is 39.0 Å². The monoisotopic (exact) mass is 641 g/mol. The molecule has 2 saturated heterocycles. The Morgan fingerprint density at radius 1 is 0.848 bits per heavy atom. The maximum atomic E-state index is 15.2. The number of carbonyl (C=O) groups is 3. The molecule has 8 heteroatoms. The topological polar surface area (TPSA) is 81.2 Å². The standard InChI is InChI=1S/C38H47N3O4S/c1-35(2,3)25-36(4,5)40-22-14-20-38-30(29-32(43)39(27-17-11-8-12-18-27)21-13-19-37(29,6)46-38)33(44)41(31(38)34(40)45)28(24-42)23-26-15-9-7-10-16-26/h7-20,28-31,42H,21-25H2,1-6H3/t28-,29+,30+,31?,37-,38+/m1/s1. The van der Waals surface area contributed by atoms with E-state index in [0.717, 1.165) is 17.7 Å². The van der Waals surface area contributed by atoms with Gasteiger partial charge in [0.1, 0.15) is 6.04 Å². The second-order valence-corrected chi connectivity index (χ2v) is 17.1. The number of nitrogens with zero attached hydrogens (tertiary/aromatic N) is 3. The number of anilines is 1. The Hall–Kier alpha value is -3.36. The molecule has 0 aliphatic carbocycles. The first-order valence-electron chi connectivity index (χ1n) is 16.4. The smallest absolute Gasteiger partial charge is 0.247 e. The SMILES string of the molecule is CC(C)(C)CC(C)(C)N1CC=C[C@]23S[C@]4(C)C=CCN(c5ccccc5)C(=O)[C@@H]4[C@H]2C(=O)N([C@@H](CO)Cc2ccccc2)C3C1=O. The van der Waals surface area contributed by atoms with Crippen LogP contribution in [-0.4, -0.2) is 79.4 Å². The molecule has 7 nitrogen and oxygen atoms in total. The molecule has 46 heavy (non-hydrogen) atoms. The molecule has 244 valence electrons. The van der Waals surface area contributed by atoms with E-state index in [1.807, 2.05) is 84.6 Å². The molecular formula is C38H47N3O4S. The number of carbonyl (C=O) groups excluding carboxylic acids is 3. The minimum Gasteiger partial charge on any atom is -0.394 e. The molecule has 4 aliphatic heterocycles. The summed E-state index contributed by atoms with van der Waals surface area (Å²) >= 11 is 1.59. The van der Waals surface area contributed by atoms with Crippen LogP contribution in [0.3, 0.4) is 0 Å². The van der Waals surface area contributed by atoms with E-state index in [4.69, 9.17) is 0 Å². The summed E-state index contributed by atoms with van der Waals surface area (Å²) in [5.41, 5.74) is 1.23. The van der Waals surface area contributed by atoms with E-state index in [9.17, 15) is 9.90 Å². The molecule has 1 spiro atoms. The Morgan fingerprint density at radius 2 is 1.48 bits per heavy atom. The van der Waals surface area contributed by atoms with E-state index >= 15 is 9.59 Å². The van der Waals surface area contributed by atoms with Gasteiger partial charge < -0.3 is 19.8 Å². The average molecular weight is 642 g/mol. The van der Waals surface area contributed by atoms with Crippen molar-refractivity contribution in [2.45, 2.75) is 81.5 Å². The fourth-order valence-corrected chi connectivity index (χ4v) is 10.9. The van der Waals surface area contributed by atoms with Crippen molar-refractivity contribution < 1.29 is 19.5 Å². The van der Waals surface area contributed by atoms with Crippen molar-refractivity contribution in [1.82, 2.24) is 9.80 Å². The lowest BCUT2D eigenvalue weighted by molar-refractivity contribution is -0.149. The Bertz CT molecular complexity index is 1550. The number of amides is 3. The van der Waals surface area contributed by atoms with Gasteiger partial charge in [-0.05, 0) is 56.7 Å². The summed E-state index contributed by atoms with van der Waals surface area (Å²) in [5.74, 6) is -1.93. The molecule has 2 fully saturated rings. The lowest BCUT2D eigenvalue weighted by atomic mass is 9.74. The van der Waals surface area contributed by atoms with Crippen LogP contribution in [0.4, 0.5) is 5.69 Å². The first-order chi connectivity index (χ1) is 21.7. The highest BCUT2D eigenvalue weighted by molar-refractivity contribution is 8.02. The summed E-state index contributed by atoms with van der Waals surface area (Å²) < 4.78 is -1.69. The van der Waals surface area contributed by atoms with Crippen LogP contribution in [0, 0.1) is 17.3 Å². The Morgan fingerprint density at radius 3 is 2.11 bits per heavy atom. The van der Waals surface area contributed by atoms with Gasteiger partial charge in [0.15, 0.2) is 0 Å². The number of aliphatic hydroxyl groups is 1. The molecule has 0 radical (unpaired) electrons. The highest BCUT2D eigenvalue weighted by Crippen LogP contribution is 2.66. The van der Waals surface area contributed by atoms with Gasteiger partial charge in [0.05, 0.1) is 29.2 Å². The zero-order chi connectivity index (χ0) is 33.1. The van der Waals surface area contributed by atoms with Gasteiger partial charge in [-0.2, -0.15) is 0 Å². The van der Waals surface area contributed by atoms with Crippen LogP contribution >= 0.6 is 11.8 Å². The summed E-state index contributed by atoms with van der Waals surface area (Å²) in [4.78, 5) is 50.3. The Kier molecular flexibility index (Phi) is 8.29. The van der Waals surface area contributed by atoms with Gasteiger partial charge in [-0.3, -0.25) is 14.4 Å². The van der Waals surface area contributed by atoms with Crippen molar-refractivity contribution in [1.29, 1.82) is 0 Å². The summed E-state index contributed by atoms with van der Waals surface area (Å²) in [6, 6.07) is 17.9. The molecule has 0 bridgehead atoms. The number of para-hydroxylation sites is 1. The van der Waals surface area contributed by atoms with Gasteiger partial charge in [-0.25, -0.2) is 0 Å². The number of likely N-dealkylation sites (tertiary alicyclic amines) is 1. The first kappa shape index (κ1) is 32.6. The molecule has 4 aliphatic rings. The van der Waals surface area contributed by atoms with Gasteiger partial charge in [-0.1, -0.05) is 93.6 Å². The second-order valence-electron chi connectivity index (χ2n) is 15.4. The number of rotatable bonds is 7. The van der Waals surface area contributed by atoms with Gasteiger partial charge in [0.25, 0.3) is 0 Å². The maximum absolute atomic E-state index is 15.2. The molecule has 2 aromatic rings. The van der Waals surface area contributed by atoms with Crippen LogP contribution in [0.2, 0.25) is 0 Å². The minimum absolute atomic E-state index is 0.0347. The van der Waals surface area contributed by atoms with Crippen molar-refractivity contribution >= 4 is 35.2 Å². The number of hydrogen-bond acceptors (Lipinski definition) is 5. The van der Waals surface area contributed by atoms with Crippen molar-refractivity contribution in [2.24, 2.45) is 17.3 Å². The number of hydrogen-bond donors (Lipinski definition) is 1. The summed E-state index contributed by atoms with van der Waals surface area (Å²) in [7, 11) is 0. The van der Waals surface area contributed by atoms with Crippen LogP contribution in [-0.2, 0) is 20.8 Å². The van der Waals surface area contributed by atoms with Crippen molar-refractivity contribution in [3.8, 4) is 0 Å². The highest BCUT2D eigenvalue weighted by atomic mass is 32.2. The van der Waals surface area contributed by atoms with Gasteiger partial charge in [0, 0.05) is 29.1 Å². The third kappa shape index (κ3) is 5.41. The predicted octanol–water partition coefficient (Wildman–Crippen LogP) is 5.49. The molecule has 0 aromatic heterocycles. The third-order valence-corrected chi connectivity index (χ3v) is 12.0. The van der Waals surface area contributed by atoms with Crippen LogP contribution in [0.15, 0.2) is 85.0 Å². The molecule has 6 rings (SSSR count). The van der Waals surface area contributed by atoms with E-state index in [2.05, 4.69) is 46.8 Å². The number of fused-ring (bicyclic) bond motifs is 2. The molecular weight excluding hydrogens is 595 g/mol. The van der Waals surface area contributed by atoms with E-state index in [1.165, 1.54) is 0 Å². The summed E-state index contributed by atoms with van der Waals surface area (Å²) in [6.07, 6.45) is 9.40. The van der Waals surface area contributed by atoms with E-state index in [0.29, 0.717) is 19.5 Å². The first-order valence-corrected chi connectivity index (χ1v) is 17.2. The van der Waals surface area contributed by atoms with Crippen LogP contribution < -0.4 is 4.90 Å². The molecule has 2 aromatic carbocycles. The van der Waals surface area contributed by atoms with Crippen LogP contribution in [0.5, 0.6) is 0 Å². The zero-order valence-corrected chi connectivity index (χ0v) is 28.7. The Balaban J connectivity index is 1.49. The molecule has 0 saturated carbocycles. The lowest BCUT2D eigenvalue weighted by Crippen LogP contribution is -2.61. The molecule has 1 N–H and O–H groups in total. The fraction of sp³-hybridized carbons (Fsp3) is 0.500. The molecule has 6 atom stereocenters. The van der Waals surface area contributed by atoms with Gasteiger partial charge in [0.2, 0.25) is 17.7 Å². The maximum Gasteiger partial charge on any atom is 0.247 e. The largest absolute Gasteiger partial charge is 0.394 e. The Labute approximate surface area is 277 Å². The summed E-state index contributed by atoms with van der Waals surface area (Å²) in [6.45, 7) is 13.3. The van der Waals surface area contributed by atoms with Crippen molar-refractivity contribution in [2.75, 3.05) is 24.6 Å². The fourth-order valence-electron chi connectivity index (χ4n) is 8.77. The van der Waals surface area contributed by atoms with Gasteiger partial charge in [-0.15, -0.1) is 11.8 Å². The summed E-state index contributed by atoms with van der Waals surface area (Å²) in [5, 5.41) is 10.9. The number of benzene rings is 2.